The first-order valence-corrected chi connectivity index (χ1v) is 10.0. The normalized spacial score (nSPS) is 17.2. The van der Waals surface area contributed by atoms with E-state index in [9.17, 15) is 9.59 Å². The van der Waals surface area contributed by atoms with E-state index in [1.807, 2.05) is 18.2 Å². The van der Waals surface area contributed by atoms with Crippen molar-refractivity contribution >= 4 is 28.9 Å². The SMILES string of the molecule is CN1C(=O)CCc2ccc(NC(=O)c3ccncc3NC3CCCCC3)cc21. The summed E-state index contributed by atoms with van der Waals surface area (Å²) in [6, 6.07) is 7.90. The molecule has 2 N–H and O–H groups in total. The van der Waals surface area contributed by atoms with E-state index in [4.69, 9.17) is 0 Å². The van der Waals surface area contributed by atoms with E-state index in [1.165, 1.54) is 19.3 Å². The van der Waals surface area contributed by atoms with Gasteiger partial charge in [0.15, 0.2) is 0 Å². The second kappa shape index (κ2) is 8.00. The lowest BCUT2D eigenvalue weighted by Crippen LogP contribution is -2.31. The molecule has 1 aromatic heterocycles. The van der Waals surface area contributed by atoms with E-state index >= 15 is 0 Å². The van der Waals surface area contributed by atoms with Gasteiger partial charge >= 0.3 is 0 Å². The van der Waals surface area contributed by atoms with Crippen molar-refractivity contribution in [2.24, 2.45) is 0 Å². The van der Waals surface area contributed by atoms with Crippen molar-refractivity contribution in [2.45, 2.75) is 51.0 Å². The molecule has 0 radical (unpaired) electrons. The highest BCUT2D eigenvalue weighted by molar-refractivity contribution is 6.08. The summed E-state index contributed by atoms with van der Waals surface area (Å²) in [6.45, 7) is 0. The zero-order valence-corrected chi connectivity index (χ0v) is 16.2. The Balaban J connectivity index is 1.52. The van der Waals surface area contributed by atoms with Gasteiger partial charge in [-0.25, -0.2) is 0 Å². The average molecular weight is 378 g/mol. The van der Waals surface area contributed by atoms with Crippen LogP contribution in [0.4, 0.5) is 17.1 Å². The second-order valence-corrected chi connectivity index (χ2v) is 7.65. The number of hydrogen-bond donors (Lipinski definition) is 2. The van der Waals surface area contributed by atoms with Crippen molar-refractivity contribution in [3.63, 3.8) is 0 Å². The molecule has 1 fully saturated rings. The number of aryl methyl sites for hydroxylation is 1. The number of nitrogens with zero attached hydrogens (tertiary/aromatic N) is 2. The largest absolute Gasteiger partial charge is 0.380 e. The summed E-state index contributed by atoms with van der Waals surface area (Å²) in [5.41, 5.74) is 4.04. The third kappa shape index (κ3) is 3.86. The summed E-state index contributed by atoms with van der Waals surface area (Å²) >= 11 is 0. The summed E-state index contributed by atoms with van der Waals surface area (Å²) in [4.78, 5) is 30.8. The van der Waals surface area contributed by atoms with Crippen LogP contribution >= 0.6 is 0 Å². The van der Waals surface area contributed by atoms with Gasteiger partial charge in [-0.15, -0.1) is 0 Å². The van der Waals surface area contributed by atoms with Crippen LogP contribution in [0.5, 0.6) is 0 Å². The molecule has 0 atom stereocenters. The first-order chi connectivity index (χ1) is 13.6. The molecule has 1 aliphatic heterocycles. The number of aromatic nitrogens is 1. The number of anilines is 3. The maximum atomic E-state index is 12.9. The number of pyridine rings is 1. The minimum atomic E-state index is -0.176. The third-order valence-corrected chi connectivity index (χ3v) is 5.72. The summed E-state index contributed by atoms with van der Waals surface area (Å²) in [7, 11) is 1.78. The minimum Gasteiger partial charge on any atom is -0.380 e. The number of hydrogen-bond acceptors (Lipinski definition) is 4. The summed E-state index contributed by atoms with van der Waals surface area (Å²) in [5.74, 6) is -0.0745. The predicted molar refractivity (Wildman–Crippen MR) is 111 cm³/mol. The van der Waals surface area contributed by atoms with Crippen molar-refractivity contribution in [1.29, 1.82) is 0 Å². The Kier molecular flexibility index (Phi) is 5.28. The Hall–Kier alpha value is -2.89. The van der Waals surface area contributed by atoms with Crippen LogP contribution in [-0.2, 0) is 11.2 Å². The lowest BCUT2D eigenvalue weighted by Gasteiger charge is -2.26. The Morgan fingerprint density at radius 1 is 1.14 bits per heavy atom. The molecular formula is C22H26N4O2. The van der Waals surface area contributed by atoms with Gasteiger partial charge in [0.2, 0.25) is 5.91 Å². The highest BCUT2D eigenvalue weighted by atomic mass is 16.2. The van der Waals surface area contributed by atoms with E-state index in [1.54, 1.807) is 30.4 Å². The molecule has 2 aliphatic rings. The fourth-order valence-electron chi connectivity index (χ4n) is 4.08. The predicted octanol–water partition coefficient (Wildman–Crippen LogP) is 3.99. The monoisotopic (exact) mass is 378 g/mol. The summed E-state index contributed by atoms with van der Waals surface area (Å²) < 4.78 is 0. The molecule has 6 nitrogen and oxygen atoms in total. The molecule has 0 unspecified atom stereocenters. The lowest BCUT2D eigenvalue weighted by molar-refractivity contribution is -0.118. The van der Waals surface area contributed by atoms with Crippen LogP contribution in [0.3, 0.4) is 0 Å². The maximum absolute atomic E-state index is 12.9. The van der Waals surface area contributed by atoms with Crippen LogP contribution in [0.2, 0.25) is 0 Å². The molecule has 0 bridgehead atoms. The standard InChI is InChI=1S/C22H26N4O2/c1-26-20-13-17(9-7-15(20)8-10-21(26)27)25-22(28)18-11-12-23-14-19(18)24-16-5-3-2-4-6-16/h7,9,11-14,16,24H,2-6,8,10H2,1H3,(H,25,28). The molecule has 4 rings (SSSR count). The number of rotatable bonds is 4. The molecule has 1 aliphatic carbocycles. The first-order valence-electron chi connectivity index (χ1n) is 10.0. The Morgan fingerprint density at radius 2 is 1.96 bits per heavy atom. The van der Waals surface area contributed by atoms with Gasteiger partial charge in [0.05, 0.1) is 17.4 Å². The van der Waals surface area contributed by atoms with Gasteiger partial charge in [-0.3, -0.25) is 14.6 Å². The van der Waals surface area contributed by atoms with Crippen LogP contribution in [-0.4, -0.2) is 29.9 Å². The van der Waals surface area contributed by atoms with Crippen molar-refractivity contribution in [3.8, 4) is 0 Å². The minimum absolute atomic E-state index is 0.101. The van der Waals surface area contributed by atoms with Crippen LogP contribution in [0.1, 0.15) is 54.4 Å². The molecule has 6 heteroatoms. The number of nitrogens with one attached hydrogen (secondary N) is 2. The van der Waals surface area contributed by atoms with Gasteiger partial charge in [-0.2, -0.15) is 0 Å². The Bertz CT molecular complexity index is 890. The molecule has 28 heavy (non-hydrogen) atoms. The van der Waals surface area contributed by atoms with Crippen LogP contribution in [0, 0.1) is 0 Å². The van der Waals surface area contributed by atoms with Crippen molar-refractivity contribution in [1.82, 2.24) is 4.98 Å². The molecule has 1 saturated carbocycles. The molecule has 2 amide bonds. The van der Waals surface area contributed by atoms with Crippen molar-refractivity contribution in [2.75, 3.05) is 22.6 Å². The molecular weight excluding hydrogens is 352 g/mol. The highest BCUT2D eigenvalue weighted by Crippen LogP contribution is 2.30. The lowest BCUT2D eigenvalue weighted by atomic mass is 9.95. The molecule has 146 valence electrons. The van der Waals surface area contributed by atoms with E-state index in [-0.39, 0.29) is 11.8 Å². The van der Waals surface area contributed by atoms with Gasteiger partial charge in [-0.1, -0.05) is 25.3 Å². The highest BCUT2D eigenvalue weighted by Gasteiger charge is 2.22. The zero-order valence-electron chi connectivity index (χ0n) is 16.2. The Labute approximate surface area is 165 Å². The first kappa shape index (κ1) is 18.5. The van der Waals surface area contributed by atoms with Gasteiger partial charge in [0, 0.05) is 37.1 Å². The summed E-state index contributed by atoms with van der Waals surface area (Å²) in [5, 5.41) is 6.48. The van der Waals surface area contributed by atoms with E-state index in [0.29, 0.717) is 23.7 Å². The fraction of sp³-hybridized carbons (Fsp3) is 0.409. The molecule has 1 aromatic carbocycles. The van der Waals surface area contributed by atoms with E-state index in [0.717, 1.165) is 36.2 Å². The van der Waals surface area contributed by atoms with Gasteiger partial charge in [0.1, 0.15) is 0 Å². The molecule has 0 saturated heterocycles. The zero-order chi connectivity index (χ0) is 19.5. The third-order valence-electron chi connectivity index (χ3n) is 5.72. The van der Waals surface area contributed by atoms with Crippen LogP contribution in [0.25, 0.3) is 0 Å². The molecule has 2 heterocycles. The van der Waals surface area contributed by atoms with Crippen molar-refractivity contribution in [3.05, 3.63) is 47.8 Å². The molecule has 2 aromatic rings. The number of benzene rings is 1. The summed E-state index contributed by atoms with van der Waals surface area (Å²) in [6.07, 6.45) is 10.6. The van der Waals surface area contributed by atoms with E-state index < -0.39 is 0 Å². The van der Waals surface area contributed by atoms with E-state index in [2.05, 4.69) is 15.6 Å². The van der Waals surface area contributed by atoms with Gasteiger partial charge in [0.25, 0.3) is 5.91 Å². The van der Waals surface area contributed by atoms with Gasteiger partial charge < -0.3 is 15.5 Å². The fourth-order valence-corrected chi connectivity index (χ4v) is 4.08. The number of amides is 2. The van der Waals surface area contributed by atoms with Crippen LogP contribution in [0.15, 0.2) is 36.7 Å². The number of fused-ring (bicyclic) bond motifs is 1. The van der Waals surface area contributed by atoms with Crippen LogP contribution < -0.4 is 15.5 Å². The molecule has 0 spiro atoms. The van der Waals surface area contributed by atoms with Crippen molar-refractivity contribution < 1.29 is 9.59 Å². The smallest absolute Gasteiger partial charge is 0.257 e. The number of carbonyl (C=O) groups excluding carboxylic acids is 2. The topological polar surface area (TPSA) is 74.3 Å². The quantitative estimate of drug-likeness (QED) is 0.844. The second-order valence-electron chi connectivity index (χ2n) is 7.65. The average Bonchev–Trinajstić information content (AvgIpc) is 2.72. The maximum Gasteiger partial charge on any atom is 0.257 e. The Morgan fingerprint density at radius 3 is 2.79 bits per heavy atom. The number of carbonyl (C=O) groups is 2. The van der Waals surface area contributed by atoms with Gasteiger partial charge in [-0.05, 0) is 43.0 Å².